The molecular formula is C17H30IN5S2. The van der Waals surface area contributed by atoms with Gasteiger partial charge >= 0.3 is 0 Å². The second kappa shape index (κ2) is 11.5. The molecule has 1 aromatic heterocycles. The van der Waals surface area contributed by atoms with E-state index in [1.54, 1.807) is 11.3 Å². The molecule has 0 aromatic carbocycles. The van der Waals surface area contributed by atoms with Crippen LogP contribution in [0.3, 0.4) is 0 Å². The molecule has 0 aliphatic carbocycles. The van der Waals surface area contributed by atoms with Crippen molar-refractivity contribution in [1.29, 1.82) is 0 Å². The molecule has 1 aromatic rings. The Bertz CT molecular complexity index is 525. The lowest BCUT2D eigenvalue weighted by Gasteiger charge is -2.13. The number of halogens is 1. The van der Waals surface area contributed by atoms with E-state index >= 15 is 0 Å². The zero-order valence-corrected chi connectivity index (χ0v) is 19.0. The molecular weight excluding hydrogens is 465 g/mol. The maximum atomic E-state index is 4.78. The Morgan fingerprint density at radius 3 is 2.88 bits per heavy atom. The number of rotatable bonds is 7. The number of hydrogen-bond acceptors (Lipinski definition) is 5. The fourth-order valence-electron chi connectivity index (χ4n) is 3.10. The topological polar surface area (TPSA) is 52.6 Å². The van der Waals surface area contributed by atoms with Gasteiger partial charge in [-0.2, -0.15) is 11.8 Å². The van der Waals surface area contributed by atoms with Gasteiger partial charge in [0.2, 0.25) is 0 Å². The van der Waals surface area contributed by atoms with Gasteiger partial charge in [0.1, 0.15) is 0 Å². The van der Waals surface area contributed by atoms with E-state index in [1.165, 1.54) is 55.4 Å². The van der Waals surface area contributed by atoms with Crippen molar-refractivity contribution in [3.05, 3.63) is 11.1 Å². The van der Waals surface area contributed by atoms with E-state index in [4.69, 9.17) is 9.98 Å². The first-order valence-corrected chi connectivity index (χ1v) is 11.1. The second-order valence-corrected chi connectivity index (χ2v) is 8.59. The fraction of sp³-hybridized carbons (Fsp3) is 0.765. The molecule has 1 unspecified atom stereocenters. The molecule has 142 valence electrons. The van der Waals surface area contributed by atoms with E-state index in [0.717, 1.165) is 32.0 Å². The summed E-state index contributed by atoms with van der Waals surface area (Å²) in [5.41, 5.74) is 1.19. The van der Waals surface area contributed by atoms with Crippen molar-refractivity contribution >= 4 is 58.2 Å². The van der Waals surface area contributed by atoms with Gasteiger partial charge in [0.05, 0.1) is 12.2 Å². The monoisotopic (exact) mass is 495 g/mol. The van der Waals surface area contributed by atoms with Gasteiger partial charge < -0.3 is 15.5 Å². The number of anilines is 1. The van der Waals surface area contributed by atoms with Gasteiger partial charge in [-0.3, -0.25) is 4.99 Å². The van der Waals surface area contributed by atoms with E-state index < -0.39 is 0 Å². The number of guanidine groups is 1. The molecule has 0 spiro atoms. The Kier molecular flexibility index (Phi) is 9.69. The smallest absolute Gasteiger partial charge is 0.191 e. The quantitative estimate of drug-likeness (QED) is 0.345. The molecule has 8 heteroatoms. The lowest BCUT2D eigenvalue weighted by atomic mass is 10.2. The summed E-state index contributed by atoms with van der Waals surface area (Å²) in [5, 5.41) is 10.9. The van der Waals surface area contributed by atoms with E-state index in [0.29, 0.717) is 5.25 Å². The minimum atomic E-state index is 0. The molecule has 0 saturated carbocycles. The molecule has 2 aliphatic heterocycles. The summed E-state index contributed by atoms with van der Waals surface area (Å²) in [6, 6.07) is 0. The van der Waals surface area contributed by atoms with Crippen LogP contribution in [0.15, 0.2) is 10.4 Å². The summed E-state index contributed by atoms with van der Waals surface area (Å²) in [6.45, 7) is 7.16. The third kappa shape index (κ3) is 6.78. The number of hydrogen-bond donors (Lipinski definition) is 2. The van der Waals surface area contributed by atoms with Crippen molar-refractivity contribution in [2.75, 3.05) is 43.4 Å². The van der Waals surface area contributed by atoms with E-state index in [2.05, 4.69) is 39.6 Å². The van der Waals surface area contributed by atoms with Crippen molar-refractivity contribution in [1.82, 2.24) is 15.6 Å². The van der Waals surface area contributed by atoms with Crippen LogP contribution in [0.1, 0.15) is 38.3 Å². The maximum absolute atomic E-state index is 4.78. The van der Waals surface area contributed by atoms with Gasteiger partial charge in [-0.15, -0.1) is 35.3 Å². The van der Waals surface area contributed by atoms with Crippen molar-refractivity contribution in [3.8, 4) is 0 Å². The standard InChI is InChI=1S/C17H29N5S2.HI/c1-2-18-16(20-12-15-6-5-11-23-15)19-8-7-14-13-24-17(21-14)22-9-3-4-10-22;/h13,15H,2-12H2,1H3,(H2,18,19,20);1H. The van der Waals surface area contributed by atoms with Crippen LogP contribution >= 0.6 is 47.1 Å². The minimum absolute atomic E-state index is 0. The zero-order chi connectivity index (χ0) is 16.6. The predicted molar refractivity (Wildman–Crippen MR) is 122 cm³/mol. The molecule has 0 amide bonds. The molecule has 0 bridgehead atoms. The number of aromatic nitrogens is 1. The highest BCUT2D eigenvalue weighted by molar-refractivity contribution is 14.0. The molecule has 2 saturated heterocycles. The molecule has 3 heterocycles. The SMILES string of the molecule is CCNC(=NCC1CCCS1)NCCc1csc(N2CCCC2)n1.I. The molecule has 25 heavy (non-hydrogen) atoms. The number of thiazole rings is 1. The zero-order valence-electron chi connectivity index (χ0n) is 15.0. The first-order chi connectivity index (χ1) is 11.8. The summed E-state index contributed by atoms with van der Waals surface area (Å²) in [6.07, 6.45) is 6.22. The maximum Gasteiger partial charge on any atom is 0.191 e. The molecule has 0 radical (unpaired) electrons. The van der Waals surface area contributed by atoms with Crippen LogP contribution in [-0.4, -0.2) is 54.7 Å². The Hall–Kier alpha value is -0.220. The number of thioether (sulfide) groups is 1. The van der Waals surface area contributed by atoms with Gasteiger partial charge in [0.25, 0.3) is 0 Å². The fourth-order valence-corrected chi connectivity index (χ4v) is 5.19. The van der Waals surface area contributed by atoms with Crippen molar-refractivity contribution in [2.24, 2.45) is 4.99 Å². The molecule has 2 fully saturated rings. The first kappa shape index (κ1) is 21.1. The van der Waals surface area contributed by atoms with Crippen LogP contribution in [0.5, 0.6) is 0 Å². The van der Waals surface area contributed by atoms with Crippen LogP contribution in [0.4, 0.5) is 5.13 Å². The van der Waals surface area contributed by atoms with Gasteiger partial charge in [-0.1, -0.05) is 0 Å². The first-order valence-electron chi connectivity index (χ1n) is 9.18. The highest BCUT2D eigenvalue weighted by atomic mass is 127. The summed E-state index contributed by atoms with van der Waals surface area (Å²) in [4.78, 5) is 11.9. The molecule has 2 aliphatic rings. The molecule has 5 nitrogen and oxygen atoms in total. The van der Waals surface area contributed by atoms with Crippen LogP contribution in [0, 0.1) is 0 Å². The van der Waals surface area contributed by atoms with Crippen LogP contribution in [-0.2, 0) is 6.42 Å². The second-order valence-electron chi connectivity index (χ2n) is 6.35. The predicted octanol–water partition coefficient (Wildman–Crippen LogP) is 3.35. The highest BCUT2D eigenvalue weighted by Gasteiger charge is 2.16. The summed E-state index contributed by atoms with van der Waals surface area (Å²) < 4.78 is 0. The minimum Gasteiger partial charge on any atom is -0.357 e. The van der Waals surface area contributed by atoms with E-state index in [1.807, 2.05) is 0 Å². The van der Waals surface area contributed by atoms with Gasteiger partial charge in [-0.25, -0.2) is 4.98 Å². The average molecular weight is 496 g/mol. The highest BCUT2D eigenvalue weighted by Crippen LogP contribution is 2.26. The van der Waals surface area contributed by atoms with Crippen molar-refractivity contribution in [3.63, 3.8) is 0 Å². The summed E-state index contributed by atoms with van der Waals surface area (Å²) in [7, 11) is 0. The number of nitrogens with one attached hydrogen (secondary N) is 2. The van der Waals surface area contributed by atoms with Crippen LogP contribution < -0.4 is 15.5 Å². The Morgan fingerprint density at radius 1 is 1.32 bits per heavy atom. The Balaban J connectivity index is 0.00000225. The Labute approximate surface area is 176 Å². The summed E-state index contributed by atoms with van der Waals surface area (Å²) >= 11 is 3.84. The van der Waals surface area contributed by atoms with E-state index in [9.17, 15) is 0 Å². The summed E-state index contributed by atoms with van der Waals surface area (Å²) in [5.74, 6) is 2.24. The lowest BCUT2D eigenvalue weighted by molar-refractivity contribution is 0.758. The third-order valence-corrected chi connectivity index (χ3v) is 6.74. The van der Waals surface area contributed by atoms with Gasteiger partial charge in [0.15, 0.2) is 11.1 Å². The Morgan fingerprint density at radius 2 is 2.16 bits per heavy atom. The van der Waals surface area contributed by atoms with E-state index in [-0.39, 0.29) is 24.0 Å². The number of nitrogens with zero attached hydrogens (tertiary/aromatic N) is 3. The largest absolute Gasteiger partial charge is 0.357 e. The molecule has 1 atom stereocenters. The third-order valence-electron chi connectivity index (χ3n) is 4.41. The van der Waals surface area contributed by atoms with Crippen molar-refractivity contribution in [2.45, 2.75) is 44.3 Å². The van der Waals surface area contributed by atoms with Crippen molar-refractivity contribution < 1.29 is 0 Å². The number of aliphatic imine (C=N–C) groups is 1. The van der Waals surface area contributed by atoms with Gasteiger partial charge in [0, 0.05) is 43.2 Å². The normalized spacial score (nSPS) is 20.6. The van der Waals surface area contributed by atoms with Crippen LogP contribution in [0.2, 0.25) is 0 Å². The van der Waals surface area contributed by atoms with Gasteiger partial charge in [-0.05, 0) is 38.4 Å². The van der Waals surface area contributed by atoms with Crippen LogP contribution in [0.25, 0.3) is 0 Å². The lowest BCUT2D eigenvalue weighted by Crippen LogP contribution is -2.38. The average Bonchev–Trinajstić information content (AvgIpc) is 3.33. The molecule has 3 rings (SSSR count). The molecule has 2 N–H and O–H groups in total.